The van der Waals surface area contributed by atoms with Gasteiger partial charge in [0, 0.05) is 60.4 Å². The molecule has 2 heterocycles. The van der Waals surface area contributed by atoms with Crippen LogP contribution in [0.4, 0.5) is 14.7 Å². The standard InChI is InChI=1S/C23H26ClF2N7O/c1-13-10-28-22(30-17-7-23(25,26)8-17)32-20(13)33-11-19(29-12-33)21(34)31-18(9-27)14(2)15-4-3-5-16(24)6-15/h3-6,10-12,14,17-18H,7-9,27H2,1-2H3,(H,31,34)(H,28,30,32)/t14?,18-/m1/s1. The van der Waals surface area contributed by atoms with Gasteiger partial charge >= 0.3 is 0 Å². The number of carbonyl (C=O) groups excluding carboxylic acids is 1. The molecule has 2 atom stereocenters. The first-order valence-electron chi connectivity index (χ1n) is 10.9. The number of aryl methyl sites for hydroxylation is 1. The maximum Gasteiger partial charge on any atom is 0.271 e. The van der Waals surface area contributed by atoms with E-state index in [9.17, 15) is 13.6 Å². The summed E-state index contributed by atoms with van der Waals surface area (Å²) in [5.74, 6) is -2.32. The highest BCUT2D eigenvalue weighted by Crippen LogP contribution is 2.38. The number of nitrogens with one attached hydrogen (secondary N) is 2. The van der Waals surface area contributed by atoms with E-state index >= 15 is 0 Å². The summed E-state index contributed by atoms with van der Waals surface area (Å²) >= 11 is 6.10. The summed E-state index contributed by atoms with van der Waals surface area (Å²) in [6, 6.07) is 6.74. The molecule has 0 spiro atoms. The Bertz CT molecular complexity index is 1180. The molecule has 3 aromatic rings. The normalized spacial score (nSPS) is 17.0. The zero-order valence-corrected chi connectivity index (χ0v) is 19.6. The van der Waals surface area contributed by atoms with Gasteiger partial charge in [0.15, 0.2) is 0 Å². The number of benzene rings is 1. The molecule has 1 fully saturated rings. The van der Waals surface area contributed by atoms with E-state index in [1.165, 1.54) is 6.33 Å². The highest BCUT2D eigenvalue weighted by atomic mass is 35.5. The first kappa shape index (κ1) is 24.0. The molecule has 180 valence electrons. The Morgan fingerprint density at radius 3 is 2.79 bits per heavy atom. The van der Waals surface area contributed by atoms with Gasteiger partial charge in [-0.05, 0) is 24.6 Å². The van der Waals surface area contributed by atoms with Crippen LogP contribution in [0.1, 0.15) is 47.3 Å². The summed E-state index contributed by atoms with van der Waals surface area (Å²) in [6.07, 6.45) is 4.14. The minimum atomic E-state index is -2.64. The summed E-state index contributed by atoms with van der Waals surface area (Å²) in [4.78, 5) is 25.7. The lowest BCUT2D eigenvalue weighted by atomic mass is 9.88. The van der Waals surface area contributed by atoms with Crippen LogP contribution >= 0.6 is 11.6 Å². The van der Waals surface area contributed by atoms with Crippen molar-refractivity contribution in [2.45, 2.75) is 50.6 Å². The number of rotatable bonds is 8. The average molecular weight is 490 g/mol. The van der Waals surface area contributed by atoms with Gasteiger partial charge in [-0.25, -0.2) is 18.7 Å². The summed E-state index contributed by atoms with van der Waals surface area (Å²) in [5.41, 5.74) is 7.84. The fourth-order valence-corrected chi connectivity index (χ4v) is 4.12. The predicted molar refractivity (Wildman–Crippen MR) is 126 cm³/mol. The molecule has 1 amide bonds. The largest absolute Gasteiger partial charge is 0.351 e. The lowest BCUT2D eigenvalue weighted by Gasteiger charge is -2.35. The molecule has 11 heteroatoms. The van der Waals surface area contributed by atoms with Gasteiger partial charge in [-0.15, -0.1) is 0 Å². The number of halogens is 3. The van der Waals surface area contributed by atoms with E-state index in [1.807, 2.05) is 32.0 Å². The van der Waals surface area contributed by atoms with Crippen LogP contribution in [0.2, 0.25) is 5.02 Å². The van der Waals surface area contributed by atoms with Crippen molar-refractivity contribution in [2.24, 2.45) is 5.73 Å². The van der Waals surface area contributed by atoms with Crippen LogP contribution in [0.3, 0.4) is 0 Å². The van der Waals surface area contributed by atoms with E-state index in [4.69, 9.17) is 17.3 Å². The smallest absolute Gasteiger partial charge is 0.271 e. The molecule has 0 bridgehead atoms. The fourth-order valence-electron chi connectivity index (χ4n) is 3.92. The molecular formula is C23H26ClF2N7O. The van der Waals surface area contributed by atoms with Crippen LogP contribution < -0.4 is 16.4 Å². The molecule has 1 aromatic carbocycles. The fraction of sp³-hybridized carbons (Fsp3) is 0.391. The topological polar surface area (TPSA) is 111 Å². The summed E-state index contributed by atoms with van der Waals surface area (Å²) in [5, 5.41) is 6.49. The van der Waals surface area contributed by atoms with Gasteiger partial charge in [0.1, 0.15) is 17.8 Å². The Balaban J connectivity index is 1.46. The zero-order chi connectivity index (χ0) is 24.5. The summed E-state index contributed by atoms with van der Waals surface area (Å²) < 4.78 is 27.8. The number of carbonyl (C=O) groups is 1. The van der Waals surface area contributed by atoms with Gasteiger partial charge in [-0.2, -0.15) is 4.98 Å². The third-order valence-electron chi connectivity index (χ3n) is 5.98. The molecule has 34 heavy (non-hydrogen) atoms. The van der Waals surface area contributed by atoms with E-state index in [-0.39, 0.29) is 54.9 Å². The molecule has 0 radical (unpaired) electrons. The van der Waals surface area contributed by atoms with E-state index < -0.39 is 5.92 Å². The summed E-state index contributed by atoms with van der Waals surface area (Å²) in [6.45, 7) is 4.02. The maximum absolute atomic E-state index is 13.1. The third-order valence-corrected chi connectivity index (χ3v) is 6.21. The number of amides is 1. The first-order chi connectivity index (χ1) is 16.1. The second-order valence-electron chi connectivity index (χ2n) is 8.63. The highest BCUT2D eigenvalue weighted by Gasteiger charge is 2.45. The highest BCUT2D eigenvalue weighted by molar-refractivity contribution is 6.30. The van der Waals surface area contributed by atoms with Crippen LogP contribution in [0.15, 0.2) is 43.0 Å². The van der Waals surface area contributed by atoms with E-state index in [2.05, 4.69) is 25.6 Å². The van der Waals surface area contributed by atoms with Gasteiger partial charge in [-0.3, -0.25) is 9.36 Å². The lowest BCUT2D eigenvalue weighted by Crippen LogP contribution is -2.44. The van der Waals surface area contributed by atoms with Crippen molar-refractivity contribution >= 4 is 23.5 Å². The third kappa shape index (κ3) is 5.34. The van der Waals surface area contributed by atoms with Gasteiger partial charge in [0.2, 0.25) is 5.95 Å². The lowest BCUT2D eigenvalue weighted by molar-refractivity contribution is -0.0794. The quantitative estimate of drug-likeness (QED) is 0.445. The first-order valence-corrected chi connectivity index (χ1v) is 11.3. The number of anilines is 1. The molecule has 8 nitrogen and oxygen atoms in total. The summed E-state index contributed by atoms with van der Waals surface area (Å²) in [7, 11) is 0. The number of nitrogens with two attached hydrogens (primary N) is 1. The van der Waals surface area contributed by atoms with Crippen molar-refractivity contribution in [2.75, 3.05) is 11.9 Å². The Labute approximate surface area is 201 Å². The van der Waals surface area contributed by atoms with Crippen molar-refractivity contribution in [3.8, 4) is 5.82 Å². The second-order valence-corrected chi connectivity index (χ2v) is 9.07. The molecule has 2 aromatic heterocycles. The number of hydrogen-bond donors (Lipinski definition) is 3. The molecule has 4 rings (SSSR count). The molecule has 1 unspecified atom stereocenters. The number of nitrogens with zero attached hydrogens (tertiary/aromatic N) is 4. The molecule has 0 saturated heterocycles. The average Bonchev–Trinajstić information content (AvgIpc) is 3.27. The number of aromatic nitrogens is 4. The Morgan fingerprint density at radius 2 is 2.12 bits per heavy atom. The SMILES string of the molecule is Cc1cnc(NC2CC(F)(F)C2)nc1-n1cnc(C(=O)N[C@H](CN)C(C)c2cccc(Cl)c2)c1. The molecule has 0 aliphatic heterocycles. The van der Waals surface area contributed by atoms with Crippen molar-refractivity contribution in [3.05, 3.63) is 64.8 Å². The van der Waals surface area contributed by atoms with Gasteiger partial charge in [0.25, 0.3) is 11.8 Å². The van der Waals surface area contributed by atoms with E-state index in [0.29, 0.717) is 10.8 Å². The van der Waals surface area contributed by atoms with Crippen molar-refractivity contribution in [1.82, 2.24) is 24.8 Å². The predicted octanol–water partition coefficient (Wildman–Crippen LogP) is 3.69. The van der Waals surface area contributed by atoms with Crippen LogP contribution in [0.5, 0.6) is 0 Å². The monoisotopic (exact) mass is 489 g/mol. The number of imidazole rings is 1. The van der Waals surface area contributed by atoms with Crippen LogP contribution in [-0.4, -0.2) is 50.0 Å². The van der Waals surface area contributed by atoms with Gasteiger partial charge in [0.05, 0.1) is 0 Å². The van der Waals surface area contributed by atoms with Crippen LogP contribution in [0, 0.1) is 6.92 Å². The number of hydrogen-bond acceptors (Lipinski definition) is 6. The molecular weight excluding hydrogens is 464 g/mol. The van der Waals surface area contributed by atoms with E-state index in [1.54, 1.807) is 23.0 Å². The van der Waals surface area contributed by atoms with Crippen molar-refractivity contribution < 1.29 is 13.6 Å². The van der Waals surface area contributed by atoms with Crippen LogP contribution in [-0.2, 0) is 0 Å². The molecule has 4 N–H and O–H groups in total. The minimum Gasteiger partial charge on any atom is -0.351 e. The van der Waals surface area contributed by atoms with Gasteiger partial charge < -0.3 is 16.4 Å². The molecule has 1 aliphatic rings. The number of alkyl halides is 2. The molecule has 1 aliphatic carbocycles. The van der Waals surface area contributed by atoms with E-state index in [0.717, 1.165) is 11.1 Å². The van der Waals surface area contributed by atoms with Gasteiger partial charge in [-0.1, -0.05) is 30.7 Å². The Hall–Kier alpha value is -3.11. The van der Waals surface area contributed by atoms with Crippen molar-refractivity contribution in [1.29, 1.82) is 0 Å². The van der Waals surface area contributed by atoms with Crippen LogP contribution in [0.25, 0.3) is 5.82 Å². The Morgan fingerprint density at radius 1 is 1.35 bits per heavy atom. The van der Waals surface area contributed by atoms with Crippen molar-refractivity contribution in [3.63, 3.8) is 0 Å². The second kappa shape index (κ2) is 9.63. The minimum absolute atomic E-state index is 0.0636. The Kier molecular flexibility index (Phi) is 6.81. The molecule has 1 saturated carbocycles. The zero-order valence-electron chi connectivity index (χ0n) is 18.8. The maximum atomic E-state index is 13.1.